The Hall–Kier alpha value is -2.69. The van der Waals surface area contributed by atoms with Crippen LogP contribution in [0.3, 0.4) is 0 Å². The lowest BCUT2D eigenvalue weighted by Gasteiger charge is -2.12. The number of ether oxygens (including phenoxy) is 2. The molecule has 5 heteroatoms. The topological polar surface area (TPSA) is 76.0 Å². The van der Waals surface area contributed by atoms with E-state index in [4.69, 9.17) is 9.47 Å². The highest BCUT2D eigenvalue weighted by Gasteiger charge is 2.19. The van der Waals surface area contributed by atoms with Gasteiger partial charge in [-0.2, -0.15) is 0 Å². The Morgan fingerprint density at radius 3 is 2.29 bits per heavy atom. The number of carbonyl (C=O) groups is 1. The molecule has 2 N–H and O–H groups in total. The van der Waals surface area contributed by atoms with Crippen LogP contribution >= 0.6 is 0 Å². The highest BCUT2D eigenvalue weighted by atomic mass is 16.5. The van der Waals surface area contributed by atoms with Gasteiger partial charge in [-0.05, 0) is 17.7 Å². The van der Waals surface area contributed by atoms with Gasteiger partial charge in [-0.1, -0.05) is 12.1 Å². The molecule has 0 radical (unpaired) electrons. The van der Waals surface area contributed by atoms with E-state index in [-0.39, 0.29) is 35.0 Å². The number of hydrogen-bond donors (Lipinski definition) is 2. The maximum absolute atomic E-state index is 12.4. The second-order valence-corrected chi connectivity index (χ2v) is 4.49. The van der Waals surface area contributed by atoms with Gasteiger partial charge in [0, 0.05) is 18.6 Å². The number of benzene rings is 2. The van der Waals surface area contributed by atoms with Gasteiger partial charge in [0.05, 0.1) is 14.2 Å². The van der Waals surface area contributed by atoms with Gasteiger partial charge in [0.2, 0.25) is 0 Å². The average molecular weight is 288 g/mol. The van der Waals surface area contributed by atoms with E-state index in [1.165, 1.54) is 32.4 Å². The van der Waals surface area contributed by atoms with Crippen LogP contribution in [0.15, 0.2) is 36.4 Å². The third kappa shape index (κ3) is 3.25. The first-order chi connectivity index (χ1) is 10.0. The van der Waals surface area contributed by atoms with Crippen molar-refractivity contribution in [1.82, 2.24) is 0 Å². The maximum Gasteiger partial charge on any atom is 0.174 e. The minimum absolute atomic E-state index is 0.0938. The summed E-state index contributed by atoms with van der Waals surface area (Å²) >= 11 is 0. The van der Waals surface area contributed by atoms with E-state index in [0.29, 0.717) is 5.75 Å². The molecule has 2 aromatic rings. The zero-order valence-electron chi connectivity index (χ0n) is 11.8. The SMILES string of the molecule is COc1cc(O)c(C(=O)Cc2ccc(O)cc2)c(OC)c1. The number of phenols is 2. The molecule has 0 amide bonds. The molecule has 110 valence electrons. The standard InChI is InChI=1S/C16H16O5/c1-20-12-8-14(19)16(15(9-12)21-2)13(18)7-10-3-5-11(17)6-4-10/h3-6,8-9,17,19H,7H2,1-2H3. The fraction of sp³-hybridized carbons (Fsp3) is 0.188. The molecule has 5 nitrogen and oxygen atoms in total. The number of phenolic OH excluding ortho intramolecular Hbond substituents is 2. The predicted molar refractivity (Wildman–Crippen MR) is 77.4 cm³/mol. The Balaban J connectivity index is 2.32. The molecule has 0 heterocycles. The largest absolute Gasteiger partial charge is 0.508 e. The first kappa shape index (κ1) is 14.7. The van der Waals surface area contributed by atoms with Crippen LogP contribution < -0.4 is 9.47 Å². The summed E-state index contributed by atoms with van der Waals surface area (Å²) in [7, 11) is 2.89. The molecule has 0 fully saturated rings. The van der Waals surface area contributed by atoms with Crippen LogP contribution in [0.1, 0.15) is 15.9 Å². The van der Waals surface area contributed by atoms with Crippen LogP contribution in [0.5, 0.6) is 23.0 Å². The first-order valence-corrected chi connectivity index (χ1v) is 6.31. The monoisotopic (exact) mass is 288 g/mol. The molecule has 0 aliphatic carbocycles. The van der Waals surface area contributed by atoms with Crippen molar-refractivity contribution >= 4 is 5.78 Å². The lowest BCUT2D eigenvalue weighted by atomic mass is 10.0. The molecule has 2 rings (SSSR count). The van der Waals surface area contributed by atoms with Crippen molar-refractivity contribution < 1.29 is 24.5 Å². The van der Waals surface area contributed by atoms with Gasteiger partial charge in [0.1, 0.15) is 28.6 Å². The van der Waals surface area contributed by atoms with E-state index in [1.54, 1.807) is 18.2 Å². The summed E-state index contributed by atoms with van der Waals surface area (Å²) in [5.74, 6) is 0.338. The third-order valence-electron chi connectivity index (χ3n) is 3.09. The van der Waals surface area contributed by atoms with Crippen LogP contribution in [0.25, 0.3) is 0 Å². The summed E-state index contributed by atoms with van der Waals surface area (Å²) < 4.78 is 10.2. The molecule has 2 aromatic carbocycles. The van der Waals surface area contributed by atoms with Gasteiger partial charge < -0.3 is 19.7 Å². The number of methoxy groups -OCH3 is 2. The Morgan fingerprint density at radius 1 is 1.05 bits per heavy atom. The molecule has 0 saturated carbocycles. The summed E-state index contributed by atoms with van der Waals surface area (Å²) in [5, 5.41) is 19.2. The lowest BCUT2D eigenvalue weighted by Crippen LogP contribution is -2.06. The number of rotatable bonds is 5. The zero-order chi connectivity index (χ0) is 15.4. The van der Waals surface area contributed by atoms with E-state index >= 15 is 0 Å². The van der Waals surface area contributed by atoms with Gasteiger partial charge in [-0.25, -0.2) is 0 Å². The summed E-state index contributed by atoms with van der Waals surface area (Å²) in [5.41, 5.74) is 0.849. The molecule has 0 atom stereocenters. The van der Waals surface area contributed by atoms with Gasteiger partial charge in [-0.15, -0.1) is 0 Å². The molecule has 0 saturated heterocycles. The highest BCUT2D eigenvalue weighted by Crippen LogP contribution is 2.34. The van der Waals surface area contributed by atoms with Crippen LogP contribution in [-0.2, 0) is 6.42 Å². The van der Waals surface area contributed by atoms with Crippen molar-refractivity contribution in [2.75, 3.05) is 14.2 Å². The van der Waals surface area contributed by atoms with E-state index in [9.17, 15) is 15.0 Å². The van der Waals surface area contributed by atoms with Crippen molar-refractivity contribution in [3.8, 4) is 23.0 Å². The second-order valence-electron chi connectivity index (χ2n) is 4.49. The number of carbonyl (C=O) groups excluding carboxylic acids is 1. The van der Waals surface area contributed by atoms with Gasteiger partial charge in [-0.3, -0.25) is 4.79 Å². The summed E-state index contributed by atoms with van der Waals surface area (Å²) in [6.45, 7) is 0. The summed E-state index contributed by atoms with van der Waals surface area (Å²) in [6, 6.07) is 9.23. The quantitative estimate of drug-likeness (QED) is 0.827. The Bertz CT molecular complexity index is 646. The second kappa shape index (κ2) is 6.17. The minimum Gasteiger partial charge on any atom is -0.508 e. The Labute approximate surface area is 122 Å². The minimum atomic E-state index is -0.280. The van der Waals surface area contributed by atoms with E-state index in [2.05, 4.69) is 0 Å². The molecule has 0 aliphatic rings. The van der Waals surface area contributed by atoms with Crippen LogP contribution in [-0.4, -0.2) is 30.2 Å². The lowest BCUT2D eigenvalue weighted by molar-refractivity contribution is 0.0987. The van der Waals surface area contributed by atoms with Crippen LogP contribution in [0, 0.1) is 0 Å². The van der Waals surface area contributed by atoms with E-state index in [1.807, 2.05) is 0 Å². The number of Topliss-reactive ketones (excluding diaryl/α,β-unsaturated/α-hetero) is 1. The van der Waals surface area contributed by atoms with Crippen molar-refractivity contribution in [2.24, 2.45) is 0 Å². The normalized spacial score (nSPS) is 10.2. The number of hydrogen-bond acceptors (Lipinski definition) is 5. The van der Waals surface area contributed by atoms with Crippen molar-refractivity contribution in [2.45, 2.75) is 6.42 Å². The predicted octanol–water partition coefficient (Wildman–Crippen LogP) is 2.54. The number of aromatic hydroxyl groups is 2. The summed E-state index contributed by atoms with van der Waals surface area (Å²) in [6.07, 6.45) is 0.0938. The Morgan fingerprint density at radius 2 is 1.71 bits per heavy atom. The Kier molecular flexibility index (Phi) is 4.33. The van der Waals surface area contributed by atoms with E-state index in [0.717, 1.165) is 5.56 Å². The third-order valence-corrected chi connectivity index (χ3v) is 3.09. The molecular formula is C16H16O5. The average Bonchev–Trinajstić information content (AvgIpc) is 2.48. The van der Waals surface area contributed by atoms with Gasteiger partial charge in [0.15, 0.2) is 5.78 Å². The van der Waals surface area contributed by atoms with Crippen LogP contribution in [0.4, 0.5) is 0 Å². The first-order valence-electron chi connectivity index (χ1n) is 6.31. The summed E-state index contributed by atoms with van der Waals surface area (Å²) in [4.78, 5) is 12.4. The van der Waals surface area contributed by atoms with Crippen molar-refractivity contribution in [1.29, 1.82) is 0 Å². The molecule has 0 unspecified atom stereocenters. The molecule has 21 heavy (non-hydrogen) atoms. The smallest absolute Gasteiger partial charge is 0.174 e. The van der Waals surface area contributed by atoms with Crippen LogP contribution in [0.2, 0.25) is 0 Å². The molecule has 0 spiro atoms. The highest BCUT2D eigenvalue weighted by molar-refractivity contribution is 6.02. The fourth-order valence-electron chi connectivity index (χ4n) is 2.02. The molecular weight excluding hydrogens is 272 g/mol. The van der Waals surface area contributed by atoms with Crippen molar-refractivity contribution in [3.63, 3.8) is 0 Å². The van der Waals surface area contributed by atoms with Gasteiger partial charge in [0.25, 0.3) is 0 Å². The van der Waals surface area contributed by atoms with Crippen molar-refractivity contribution in [3.05, 3.63) is 47.5 Å². The molecule has 0 aromatic heterocycles. The van der Waals surface area contributed by atoms with Gasteiger partial charge >= 0.3 is 0 Å². The molecule has 0 aliphatic heterocycles. The zero-order valence-corrected chi connectivity index (χ0v) is 11.8. The maximum atomic E-state index is 12.4. The fourth-order valence-corrected chi connectivity index (χ4v) is 2.02. The van der Waals surface area contributed by atoms with E-state index < -0.39 is 0 Å². The number of ketones is 1. The molecule has 0 bridgehead atoms.